The molecule has 0 bridgehead atoms. The largest absolute Gasteiger partial charge is 0.482 e. The number of cyclic esters (lactones) is 1. The number of hydrazine groups is 1. The fraction of sp³-hybridized carbons (Fsp3) is 0.357. The van der Waals surface area contributed by atoms with Crippen LogP contribution in [0.3, 0.4) is 0 Å². The van der Waals surface area contributed by atoms with Crippen LogP contribution >= 0.6 is 0 Å². The summed E-state index contributed by atoms with van der Waals surface area (Å²) < 4.78 is 10.1. The van der Waals surface area contributed by atoms with Crippen molar-refractivity contribution in [3.63, 3.8) is 0 Å². The second-order valence-electron chi connectivity index (χ2n) is 4.46. The van der Waals surface area contributed by atoms with Gasteiger partial charge in [0.2, 0.25) is 0 Å². The van der Waals surface area contributed by atoms with Crippen LogP contribution < -0.4 is 4.74 Å². The van der Waals surface area contributed by atoms with E-state index in [1.165, 1.54) is 5.01 Å². The first-order valence-corrected chi connectivity index (χ1v) is 6.52. The number of rotatable bonds is 6. The van der Waals surface area contributed by atoms with Crippen LogP contribution in [0.1, 0.15) is 5.56 Å². The molecule has 8 heteroatoms. The monoisotopic (exact) mass is 477 g/mol. The van der Waals surface area contributed by atoms with E-state index in [4.69, 9.17) is 14.6 Å². The standard InChI is InChI=1S/C14H17N2O5.W/c1-2-15-6-7-20-14(19)16(15)9-11-4-3-5-12(8-11)21-10-13(17)18;/h3-5,8H,1-2,6-7,9-10H2,(H,17,18);/q-1;. The first kappa shape index (κ1) is 18.5. The normalized spacial score (nSPS) is 15.0. The number of ether oxygens (including phenoxy) is 2. The zero-order valence-electron chi connectivity index (χ0n) is 11.9. The molecule has 0 unspecified atom stereocenters. The summed E-state index contributed by atoms with van der Waals surface area (Å²) >= 11 is 0. The fourth-order valence-corrected chi connectivity index (χ4v) is 2.00. The van der Waals surface area contributed by atoms with Crippen molar-refractivity contribution < 1.29 is 45.2 Å². The molecule has 1 aromatic rings. The molecule has 1 aromatic carbocycles. The third-order valence-electron chi connectivity index (χ3n) is 2.98. The van der Waals surface area contributed by atoms with Crippen molar-refractivity contribution in [2.75, 3.05) is 26.3 Å². The predicted molar refractivity (Wildman–Crippen MR) is 73.4 cm³/mol. The number of amides is 1. The van der Waals surface area contributed by atoms with Crippen LogP contribution in [-0.2, 0) is 37.1 Å². The van der Waals surface area contributed by atoms with Crippen molar-refractivity contribution in [1.29, 1.82) is 0 Å². The minimum Gasteiger partial charge on any atom is -0.482 e. The summed E-state index contributed by atoms with van der Waals surface area (Å²) in [6, 6.07) is 6.94. The fourth-order valence-electron chi connectivity index (χ4n) is 2.00. The van der Waals surface area contributed by atoms with E-state index in [2.05, 4.69) is 6.92 Å². The number of carbonyl (C=O) groups is 2. The smallest absolute Gasteiger partial charge is 0.424 e. The van der Waals surface area contributed by atoms with Crippen LogP contribution in [0.15, 0.2) is 24.3 Å². The molecular formula is C14H17N2O5W-. The Morgan fingerprint density at radius 1 is 1.45 bits per heavy atom. The van der Waals surface area contributed by atoms with E-state index in [1.807, 2.05) is 6.07 Å². The van der Waals surface area contributed by atoms with Crippen molar-refractivity contribution in [2.45, 2.75) is 6.54 Å². The van der Waals surface area contributed by atoms with Gasteiger partial charge in [-0.2, -0.15) is 0 Å². The summed E-state index contributed by atoms with van der Waals surface area (Å²) in [4.78, 5) is 22.3. The number of carboxylic acids is 1. The van der Waals surface area contributed by atoms with E-state index in [9.17, 15) is 9.59 Å². The number of carbonyl (C=O) groups excluding carboxylic acids is 1. The van der Waals surface area contributed by atoms with E-state index >= 15 is 0 Å². The van der Waals surface area contributed by atoms with Gasteiger partial charge in [-0.3, -0.25) is 0 Å². The molecule has 1 saturated heterocycles. The molecule has 1 aliphatic rings. The van der Waals surface area contributed by atoms with Gasteiger partial charge in [0.25, 0.3) is 0 Å². The van der Waals surface area contributed by atoms with Crippen molar-refractivity contribution in [3.8, 4) is 5.75 Å². The molecule has 120 valence electrons. The Morgan fingerprint density at radius 3 is 2.91 bits per heavy atom. The van der Waals surface area contributed by atoms with E-state index in [0.29, 0.717) is 32.0 Å². The molecule has 1 fully saturated rings. The van der Waals surface area contributed by atoms with Crippen LogP contribution in [0.2, 0.25) is 0 Å². The van der Waals surface area contributed by atoms with Gasteiger partial charge < -0.3 is 21.5 Å². The zero-order valence-corrected chi connectivity index (χ0v) is 14.9. The van der Waals surface area contributed by atoms with Crippen LogP contribution in [-0.4, -0.2) is 53.5 Å². The molecule has 1 heterocycles. The Labute approximate surface area is 143 Å². The van der Waals surface area contributed by atoms with Gasteiger partial charge in [0, 0.05) is 27.6 Å². The summed E-state index contributed by atoms with van der Waals surface area (Å²) in [5, 5.41) is 11.9. The maximum atomic E-state index is 11.8. The van der Waals surface area contributed by atoms with E-state index < -0.39 is 18.7 Å². The summed E-state index contributed by atoms with van der Waals surface area (Å²) in [5.41, 5.74) is 0.815. The maximum absolute atomic E-state index is 11.8. The van der Waals surface area contributed by atoms with Crippen LogP contribution in [0.25, 0.3) is 0 Å². The Balaban J connectivity index is 0.00000242. The second kappa shape index (κ2) is 8.75. The minimum atomic E-state index is -1.04. The number of hydrogen-bond donors (Lipinski definition) is 1. The predicted octanol–water partition coefficient (Wildman–Crippen LogP) is 1.15. The number of nitrogens with zero attached hydrogens (tertiary/aromatic N) is 2. The molecule has 0 saturated carbocycles. The molecule has 22 heavy (non-hydrogen) atoms. The van der Waals surface area contributed by atoms with Gasteiger partial charge in [0.05, 0.1) is 6.54 Å². The van der Waals surface area contributed by atoms with Crippen LogP contribution in [0.5, 0.6) is 5.75 Å². The number of aliphatic carboxylic acids is 1. The average Bonchev–Trinajstić information content (AvgIpc) is 2.47. The van der Waals surface area contributed by atoms with Gasteiger partial charge in [-0.05, 0) is 17.7 Å². The number of hydrogen-bond acceptors (Lipinski definition) is 5. The summed E-state index contributed by atoms with van der Waals surface area (Å²) in [5.74, 6) is -0.593. The molecule has 1 aliphatic heterocycles. The Morgan fingerprint density at radius 2 is 2.23 bits per heavy atom. The molecule has 7 nitrogen and oxygen atoms in total. The van der Waals surface area contributed by atoms with Gasteiger partial charge in [0.1, 0.15) is 12.4 Å². The quantitative estimate of drug-likeness (QED) is 0.620. The Hall–Kier alpha value is -1.59. The van der Waals surface area contributed by atoms with E-state index in [0.717, 1.165) is 5.56 Å². The number of carboxylic acid groups (broad SMARTS) is 1. The van der Waals surface area contributed by atoms with Gasteiger partial charge in [-0.1, -0.05) is 12.1 Å². The summed E-state index contributed by atoms with van der Waals surface area (Å²) in [6.07, 6.45) is -0.415. The summed E-state index contributed by atoms with van der Waals surface area (Å²) in [6.45, 7) is 5.12. The maximum Gasteiger partial charge on any atom is 0.424 e. The van der Waals surface area contributed by atoms with Gasteiger partial charge >= 0.3 is 12.1 Å². The molecule has 1 N–H and O–H groups in total. The third-order valence-corrected chi connectivity index (χ3v) is 2.98. The van der Waals surface area contributed by atoms with Crippen LogP contribution in [0.4, 0.5) is 4.79 Å². The summed E-state index contributed by atoms with van der Waals surface area (Å²) in [7, 11) is 0. The second-order valence-corrected chi connectivity index (χ2v) is 4.46. The van der Waals surface area contributed by atoms with Crippen molar-refractivity contribution >= 4 is 12.1 Å². The molecule has 2 rings (SSSR count). The minimum absolute atomic E-state index is 0. The average molecular weight is 477 g/mol. The van der Waals surface area contributed by atoms with Crippen molar-refractivity contribution in [3.05, 3.63) is 36.8 Å². The van der Waals surface area contributed by atoms with Crippen molar-refractivity contribution in [1.82, 2.24) is 10.0 Å². The first-order valence-electron chi connectivity index (χ1n) is 6.52. The molecular weight excluding hydrogens is 460 g/mol. The zero-order chi connectivity index (χ0) is 15.2. The van der Waals surface area contributed by atoms with E-state index in [1.54, 1.807) is 23.2 Å². The SMILES string of the molecule is [CH2-]CN1CCOC(=O)N1Cc1cccc(OCC(=O)O)c1.[W]. The molecule has 0 atom stereocenters. The van der Waals surface area contributed by atoms with Gasteiger partial charge in [0.15, 0.2) is 6.61 Å². The molecule has 0 aromatic heterocycles. The Bertz CT molecular complexity index is 526. The number of benzene rings is 1. The topological polar surface area (TPSA) is 79.3 Å². The van der Waals surface area contributed by atoms with Gasteiger partial charge in [-0.25, -0.2) is 19.6 Å². The first-order chi connectivity index (χ1) is 10.1. The van der Waals surface area contributed by atoms with E-state index in [-0.39, 0.29) is 21.1 Å². The molecule has 0 spiro atoms. The molecule has 1 amide bonds. The van der Waals surface area contributed by atoms with Crippen molar-refractivity contribution in [2.24, 2.45) is 0 Å². The molecule has 0 radical (unpaired) electrons. The third kappa shape index (κ3) is 5.00. The molecule has 0 aliphatic carbocycles. The Kier molecular flexibility index (Phi) is 7.35. The van der Waals surface area contributed by atoms with Gasteiger partial charge in [-0.15, -0.1) is 6.54 Å². The van der Waals surface area contributed by atoms with Crippen LogP contribution in [0, 0.1) is 6.92 Å².